The van der Waals surface area contributed by atoms with Gasteiger partial charge in [0.25, 0.3) is 5.91 Å². The van der Waals surface area contributed by atoms with E-state index < -0.39 is 17.9 Å². The molecule has 1 aliphatic heterocycles. The van der Waals surface area contributed by atoms with Crippen molar-refractivity contribution < 1.29 is 14.7 Å². The average Bonchev–Trinajstić information content (AvgIpc) is 2.96. The van der Waals surface area contributed by atoms with Crippen molar-refractivity contribution in [2.45, 2.75) is 39.3 Å². The van der Waals surface area contributed by atoms with Crippen LogP contribution in [0.4, 0.5) is 5.13 Å². The van der Waals surface area contributed by atoms with E-state index in [0.717, 1.165) is 25.2 Å². The number of carbonyl (C=O) groups excluding carboxylic acids is 1. The van der Waals surface area contributed by atoms with Crippen LogP contribution in [0.25, 0.3) is 0 Å². The maximum atomic E-state index is 12.2. The maximum Gasteiger partial charge on any atom is 0.326 e. The van der Waals surface area contributed by atoms with Crippen LogP contribution in [-0.4, -0.2) is 46.5 Å². The van der Waals surface area contributed by atoms with Crippen molar-refractivity contribution in [3.8, 4) is 6.07 Å². The molecule has 0 aromatic carbocycles. The third kappa shape index (κ3) is 5.28. The first kappa shape index (κ1) is 19.9. The highest BCUT2D eigenvalue weighted by Gasteiger charge is 2.23. The van der Waals surface area contributed by atoms with Crippen LogP contribution in [0.3, 0.4) is 0 Å². The van der Waals surface area contributed by atoms with Gasteiger partial charge in [-0.3, -0.25) is 4.79 Å². The second-order valence-corrected chi connectivity index (χ2v) is 7.77. The molecule has 9 heteroatoms. The number of carbonyl (C=O) groups is 2. The predicted octanol–water partition coefficient (Wildman–Crippen LogP) is 1.57. The number of nitriles is 1. The fraction of sp³-hybridized carbons (Fsp3) is 0.529. The molecule has 1 atom stereocenters. The molecule has 1 unspecified atom stereocenters. The highest BCUT2D eigenvalue weighted by atomic mass is 32.1. The van der Waals surface area contributed by atoms with Gasteiger partial charge in [0, 0.05) is 30.6 Å². The lowest BCUT2D eigenvalue weighted by atomic mass is 10.0. The zero-order valence-corrected chi connectivity index (χ0v) is 15.9. The number of carboxylic acids is 1. The van der Waals surface area contributed by atoms with Crippen LogP contribution in [0, 0.1) is 17.2 Å². The molecule has 0 saturated heterocycles. The molecule has 1 aromatic heterocycles. The molecule has 8 nitrogen and oxygen atoms in total. The molecule has 0 bridgehead atoms. The number of anilines is 1. The molecular weight excluding hydrogens is 354 g/mol. The molecule has 26 heavy (non-hydrogen) atoms. The van der Waals surface area contributed by atoms with E-state index in [1.54, 1.807) is 6.07 Å². The monoisotopic (exact) mass is 377 g/mol. The van der Waals surface area contributed by atoms with Crippen molar-refractivity contribution in [1.29, 1.82) is 5.26 Å². The molecule has 2 rings (SSSR count). The Morgan fingerprint density at radius 1 is 1.50 bits per heavy atom. The SMILES string of the molecule is CC(C)CC(NC(=O)/C(C#N)=C\Nc1nc2c(s1)CN(C)CC2)C(=O)O. The summed E-state index contributed by atoms with van der Waals surface area (Å²) in [5.41, 5.74) is 0.847. The molecule has 1 aliphatic rings. The number of fused-ring (bicyclic) bond motifs is 1. The van der Waals surface area contributed by atoms with E-state index in [0.29, 0.717) is 11.6 Å². The summed E-state index contributed by atoms with van der Waals surface area (Å²) in [7, 11) is 2.05. The van der Waals surface area contributed by atoms with E-state index in [4.69, 9.17) is 0 Å². The Morgan fingerprint density at radius 2 is 2.23 bits per heavy atom. The van der Waals surface area contributed by atoms with Crippen LogP contribution in [-0.2, 0) is 22.6 Å². The van der Waals surface area contributed by atoms with E-state index >= 15 is 0 Å². The van der Waals surface area contributed by atoms with Crippen LogP contribution >= 0.6 is 11.3 Å². The minimum Gasteiger partial charge on any atom is -0.480 e. The van der Waals surface area contributed by atoms with E-state index in [9.17, 15) is 20.0 Å². The van der Waals surface area contributed by atoms with Gasteiger partial charge in [-0.15, -0.1) is 11.3 Å². The summed E-state index contributed by atoms with van der Waals surface area (Å²) in [4.78, 5) is 31.3. The van der Waals surface area contributed by atoms with Crippen molar-refractivity contribution in [2.75, 3.05) is 18.9 Å². The van der Waals surface area contributed by atoms with Gasteiger partial charge in [0.2, 0.25) is 0 Å². The van der Waals surface area contributed by atoms with Gasteiger partial charge in [0.05, 0.1) is 5.69 Å². The Labute approximate surface area is 156 Å². The number of aliphatic carboxylic acids is 1. The van der Waals surface area contributed by atoms with Gasteiger partial charge in [-0.2, -0.15) is 5.26 Å². The molecule has 2 heterocycles. The van der Waals surface area contributed by atoms with Crippen molar-refractivity contribution in [3.63, 3.8) is 0 Å². The van der Waals surface area contributed by atoms with Crippen LogP contribution in [0.15, 0.2) is 11.8 Å². The van der Waals surface area contributed by atoms with Crippen LogP contribution in [0.5, 0.6) is 0 Å². The summed E-state index contributed by atoms with van der Waals surface area (Å²) < 4.78 is 0. The predicted molar refractivity (Wildman–Crippen MR) is 98.5 cm³/mol. The lowest BCUT2D eigenvalue weighted by Crippen LogP contribution is -2.42. The number of nitrogens with zero attached hydrogens (tertiary/aromatic N) is 3. The first-order valence-electron chi connectivity index (χ1n) is 8.37. The van der Waals surface area contributed by atoms with Gasteiger partial charge < -0.3 is 20.6 Å². The van der Waals surface area contributed by atoms with Crippen molar-refractivity contribution >= 4 is 28.3 Å². The number of thiazole rings is 1. The van der Waals surface area contributed by atoms with Crippen molar-refractivity contribution in [1.82, 2.24) is 15.2 Å². The number of nitrogens with one attached hydrogen (secondary N) is 2. The third-order valence-electron chi connectivity index (χ3n) is 3.94. The Balaban J connectivity index is 2.04. The number of aromatic nitrogens is 1. The summed E-state index contributed by atoms with van der Waals surface area (Å²) in [6, 6.07) is 0.775. The lowest BCUT2D eigenvalue weighted by molar-refractivity contribution is -0.141. The number of amides is 1. The lowest BCUT2D eigenvalue weighted by Gasteiger charge is -2.20. The molecule has 1 aromatic rings. The fourth-order valence-electron chi connectivity index (χ4n) is 2.60. The van der Waals surface area contributed by atoms with Gasteiger partial charge in [-0.05, 0) is 19.4 Å². The summed E-state index contributed by atoms with van der Waals surface area (Å²) in [6.07, 6.45) is 2.44. The smallest absolute Gasteiger partial charge is 0.326 e. The third-order valence-corrected chi connectivity index (χ3v) is 4.95. The van der Waals surface area contributed by atoms with E-state index in [-0.39, 0.29) is 11.5 Å². The van der Waals surface area contributed by atoms with E-state index in [1.807, 2.05) is 20.9 Å². The molecule has 1 amide bonds. The van der Waals surface area contributed by atoms with Gasteiger partial charge in [-0.1, -0.05) is 13.8 Å². The molecular formula is C17H23N5O3S. The first-order valence-corrected chi connectivity index (χ1v) is 9.19. The summed E-state index contributed by atoms with van der Waals surface area (Å²) >= 11 is 1.49. The molecule has 0 saturated carbocycles. The van der Waals surface area contributed by atoms with Gasteiger partial charge in [0.1, 0.15) is 17.7 Å². The fourth-order valence-corrected chi connectivity index (χ4v) is 3.65. The van der Waals surface area contributed by atoms with Crippen molar-refractivity contribution in [3.05, 3.63) is 22.3 Å². The van der Waals surface area contributed by atoms with Gasteiger partial charge >= 0.3 is 5.97 Å². The normalized spacial score (nSPS) is 15.9. The number of hydrogen-bond acceptors (Lipinski definition) is 7. The highest BCUT2D eigenvalue weighted by Crippen LogP contribution is 2.27. The zero-order chi connectivity index (χ0) is 19.3. The summed E-state index contributed by atoms with van der Waals surface area (Å²) in [5, 5.41) is 24.3. The minimum atomic E-state index is -1.12. The topological polar surface area (TPSA) is 118 Å². The van der Waals surface area contributed by atoms with E-state index in [1.165, 1.54) is 22.4 Å². The largest absolute Gasteiger partial charge is 0.480 e. The van der Waals surface area contributed by atoms with Gasteiger partial charge in [0.15, 0.2) is 5.13 Å². The highest BCUT2D eigenvalue weighted by molar-refractivity contribution is 7.15. The molecule has 140 valence electrons. The Kier molecular flexibility index (Phi) is 6.71. The first-order chi connectivity index (χ1) is 12.3. The standard InChI is InChI=1S/C17H23N5O3S/c1-10(2)6-13(16(24)25)20-15(23)11(7-18)8-19-17-21-12-4-5-22(3)9-14(12)26-17/h8,10,13H,4-6,9H2,1-3H3,(H,19,21)(H,20,23)(H,24,25)/b11-8-. The maximum absolute atomic E-state index is 12.2. The second-order valence-electron chi connectivity index (χ2n) is 6.68. The molecule has 3 N–H and O–H groups in total. The number of likely N-dealkylation sites (N-methyl/N-ethyl adjacent to an activating group) is 1. The quantitative estimate of drug-likeness (QED) is 0.487. The molecule has 0 radical (unpaired) electrons. The number of hydrogen-bond donors (Lipinski definition) is 3. The van der Waals surface area contributed by atoms with Gasteiger partial charge in [-0.25, -0.2) is 9.78 Å². The number of rotatable bonds is 7. The zero-order valence-electron chi connectivity index (χ0n) is 15.1. The van der Waals surface area contributed by atoms with E-state index in [2.05, 4.69) is 20.5 Å². The van der Waals surface area contributed by atoms with Crippen LogP contribution < -0.4 is 10.6 Å². The molecule has 0 aliphatic carbocycles. The van der Waals surface area contributed by atoms with Crippen LogP contribution in [0.2, 0.25) is 0 Å². The minimum absolute atomic E-state index is 0.101. The summed E-state index contributed by atoms with van der Waals surface area (Å²) in [5.74, 6) is -1.73. The Morgan fingerprint density at radius 3 is 2.85 bits per heavy atom. The Bertz CT molecular complexity index is 750. The number of carboxylic acid groups (broad SMARTS) is 1. The second kappa shape index (κ2) is 8.78. The van der Waals surface area contributed by atoms with Crippen molar-refractivity contribution in [2.24, 2.45) is 5.92 Å². The Hall–Kier alpha value is -2.44. The molecule has 0 spiro atoms. The van der Waals surface area contributed by atoms with Crippen LogP contribution in [0.1, 0.15) is 30.8 Å². The average molecular weight is 377 g/mol. The summed E-state index contributed by atoms with van der Waals surface area (Å²) in [6.45, 7) is 5.52. The molecule has 0 fully saturated rings.